The molecular formula is C21H26N6O2S. The van der Waals surface area contributed by atoms with E-state index >= 15 is 0 Å². The molecule has 0 saturated carbocycles. The SMILES string of the molecule is Cc1cccc(CNC(=O)c2cn(-c3nc(NC4CCOC4)ncc3C)cn2)c1.S. The number of imidazole rings is 1. The van der Waals surface area contributed by atoms with Gasteiger partial charge < -0.3 is 15.4 Å². The van der Waals surface area contributed by atoms with E-state index in [9.17, 15) is 4.79 Å². The number of ether oxygens (including phenoxy) is 1. The number of hydrogen-bond acceptors (Lipinski definition) is 6. The molecule has 2 aromatic heterocycles. The summed E-state index contributed by atoms with van der Waals surface area (Å²) in [6, 6.07) is 8.26. The predicted octanol–water partition coefficient (Wildman–Crippen LogP) is 2.52. The summed E-state index contributed by atoms with van der Waals surface area (Å²) in [6.07, 6.45) is 5.98. The Bertz CT molecular complexity index is 1020. The molecule has 9 heteroatoms. The zero-order valence-electron chi connectivity index (χ0n) is 17.1. The number of nitrogens with one attached hydrogen (secondary N) is 2. The van der Waals surface area contributed by atoms with Gasteiger partial charge in [0, 0.05) is 31.1 Å². The van der Waals surface area contributed by atoms with Crippen LogP contribution in [0.1, 0.15) is 33.6 Å². The molecular weight excluding hydrogens is 400 g/mol. The first-order valence-corrected chi connectivity index (χ1v) is 9.64. The van der Waals surface area contributed by atoms with Gasteiger partial charge in [-0.2, -0.15) is 18.5 Å². The first-order valence-electron chi connectivity index (χ1n) is 9.64. The molecule has 1 saturated heterocycles. The van der Waals surface area contributed by atoms with Crippen LogP contribution in [0.25, 0.3) is 5.82 Å². The van der Waals surface area contributed by atoms with Crippen molar-refractivity contribution in [3.63, 3.8) is 0 Å². The maximum Gasteiger partial charge on any atom is 0.271 e. The molecule has 1 unspecified atom stereocenters. The lowest BCUT2D eigenvalue weighted by molar-refractivity contribution is 0.0946. The Labute approximate surface area is 182 Å². The molecule has 0 aliphatic carbocycles. The van der Waals surface area contributed by atoms with Crippen LogP contribution in [-0.2, 0) is 11.3 Å². The molecule has 30 heavy (non-hydrogen) atoms. The standard InChI is InChI=1S/C21H24N6O2.H2S/c1-14-4-3-5-16(8-14)10-22-20(28)18-11-27(13-24-18)19-15(2)9-23-21(26-19)25-17-6-7-29-12-17;/h3-5,8-9,11,13,17H,6-7,10,12H2,1-2H3,(H,22,28)(H,23,25,26);1H2. The van der Waals surface area contributed by atoms with E-state index in [1.807, 2.05) is 38.1 Å². The minimum atomic E-state index is -0.224. The van der Waals surface area contributed by atoms with Crippen LogP contribution in [0, 0.1) is 13.8 Å². The minimum Gasteiger partial charge on any atom is -0.379 e. The summed E-state index contributed by atoms with van der Waals surface area (Å²) in [6.45, 7) is 5.81. The second-order valence-corrected chi connectivity index (χ2v) is 7.24. The summed E-state index contributed by atoms with van der Waals surface area (Å²) in [5, 5.41) is 6.20. The largest absolute Gasteiger partial charge is 0.379 e. The van der Waals surface area contributed by atoms with Crippen molar-refractivity contribution < 1.29 is 9.53 Å². The molecule has 1 amide bonds. The minimum absolute atomic E-state index is 0. The third-order valence-electron chi connectivity index (χ3n) is 4.80. The lowest BCUT2D eigenvalue weighted by atomic mass is 10.1. The fourth-order valence-electron chi connectivity index (χ4n) is 3.25. The van der Waals surface area contributed by atoms with Gasteiger partial charge >= 0.3 is 0 Å². The zero-order chi connectivity index (χ0) is 20.2. The van der Waals surface area contributed by atoms with Crippen LogP contribution in [0.15, 0.2) is 43.0 Å². The van der Waals surface area contributed by atoms with Gasteiger partial charge in [0.25, 0.3) is 5.91 Å². The maximum atomic E-state index is 12.5. The third-order valence-corrected chi connectivity index (χ3v) is 4.80. The molecule has 158 valence electrons. The van der Waals surface area contributed by atoms with E-state index in [1.54, 1.807) is 23.3 Å². The molecule has 1 aliphatic heterocycles. The van der Waals surface area contributed by atoms with Crippen molar-refractivity contribution in [2.45, 2.75) is 32.9 Å². The molecule has 3 aromatic rings. The highest BCUT2D eigenvalue weighted by Gasteiger charge is 2.17. The number of rotatable bonds is 6. The summed E-state index contributed by atoms with van der Waals surface area (Å²) in [7, 11) is 0. The molecule has 1 atom stereocenters. The molecule has 0 radical (unpaired) electrons. The summed E-state index contributed by atoms with van der Waals surface area (Å²) in [4.78, 5) is 25.7. The van der Waals surface area contributed by atoms with E-state index in [4.69, 9.17) is 4.74 Å². The number of carbonyl (C=O) groups is 1. The fourth-order valence-corrected chi connectivity index (χ4v) is 3.25. The van der Waals surface area contributed by atoms with Crippen molar-refractivity contribution in [2.24, 2.45) is 0 Å². The van der Waals surface area contributed by atoms with Gasteiger partial charge in [-0.05, 0) is 25.8 Å². The predicted molar refractivity (Wildman–Crippen MR) is 119 cm³/mol. The second kappa shape index (κ2) is 9.73. The molecule has 1 fully saturated rings. The number of aromatic nitrogens is 4. The summed E-state index contributed by atoms with van der Waals surface area (Å²) >= 11 is 0. The van der Waals surface area contributed by atoms with E-state index < -0.39 is 0 Å². The molecule has 1 aliphatic rings. The highest BCUT2D eigenvalue weighted by atomic mass is 32.1. The van der Waals surface area contributed by atoms with Crippen LogP contribution < -0.4 is 10.6 Å². The summed E-state index contributed by atoms with van der Waals surface area (Å²) in [5.41, 5.74) is 3.45. The summed E-state index contributed by atoms with van der Waals surface area (Å²) in [5.74, 6) is 1.00. The van der Waals surface area contributed by atoms with Crippen molar-refractivity contribution in [3.05, 3.63) is 65.4 Å². The topological polar surface area (TPSA) is 94.0 Å². The Hall–Kier alpha value is -2.91. The van der Waals surface area contributed by atoms with Gasteiger partial charge in [0.15, 0.2) is 0 Å². The Morgan fingerprint density at radius 2 is 2.17 bits per heavy atom. The molecule has 1 aromatic carbocycles. The van der Waals surface area contributed by atoms with Crippen LogP contribution >= 0.6 is 13.5 Å². The van der Waals surface area contributed by atoms with Gasteiger partial charge in [-0.3, -0.25) is 9.36 Å². The molecule has 0 bridgehead atoms. The number of carbonyl (C=O) groups excluding carboxylic acids is 1. The second-order valence-electron chi connectivity index (χ2n) is 7.24. The average molecular weight is 427 g/mol. The molecule has 4 rings (SSSR count). The van der Waals surface area contributed by atoms with Crippen LogP contribution in [0.4, 0.5) is 5.95 Å². The van der Waals surface area contributed by atoms with Gasteiger partial charge in [0.1, 0.15) is 17.8 Å². The number of anilines is 1. The Kier molecular flexibility index (Phi) is 7.07. The van der Waals surface area contributed by atoms with E-state index in [0.717, 1.165) is 29.7 Å². The van der Waals surface area contributed by atoms with Gasteiger partial charge in [-0.15, -0.1) is 0 Å². The van der Waals surface area contributed by atoms with E-state index in [0.29, 0.717) is 30.6 Å². The first-order chi connectivity index (χ1) is 14.1. The van der Waals surface area contributed by atoms with Crippen molar-refractivity contribution >= 4 is 25.4 Å². The van der Waals surface area contributed by atoms with Crippen LogP contribution in [0.3, 0.4) is 0 Å². The van der Waals surface area contributed by atoms with E-state index in [1.165, 1.54) is 0 Å². The lowest BCUT2D eigenvalue weighted by Gasteiger charge is -2.12. The monoisotopic (exact) mass is 426 g/mol. The molecule has 2 N–H and O–H groups in total. The third kappa shape index (κ3) is 5.17. The van der Waals surface area contributed by atoms with E-state index in [2.05, 4.69) is 25.6 Å². The molecule has 8 nitrogen and oxygen atoms in total. The molecule has 3 heterocycles. The van der Waals surface area contributed by atoms with Gasteiger partial charge in [-0.1, -0.05) is 29.8 Å². The number of nitrogens with zero attached hydrogens (tertiary/aromatic N) is 4. The van der Waals surface area contributed by atoms with Gasteiger partial charge in [0.05, 0.1) is 12.6 Å². The van der Waals surface area contributed by atoms with Crippen molar-refractivity contribution in [1.29, 1.82) is 0 Å². The lowest BCUT2D eigenvalue weighted by Crippen LogP contribution is -2.23. The quantitative estimate of drug-likeness (QED) is 0.629. The van der Waals surface area contributed by atoms with Crippen LogP contribution in [0.5, 0.6) is 0 Å². The first kappa shape index (κ1) is 21.8. The van der Waals surface area contributed by atoms with Crippen molar-refractivity contribution in [1.82, 2.24) is 24.8 Å². The Morgan fingerprint density at radius 3 is 2.93 bits per heavy atom. The van der Waals surface area contributed by atoms with Crippen LogP contribution in [-0.4, -0.2) is 44.7 Å². The van der Waals surface area contributed by atoms with Crippen LogP contribution in [0.2, 0.25) is 0 Å². The number of benzene rings is 1. The molecule has 0 spiro atoms. The smallest absolute Gasteiger partial charge is 0.271 e. The maximum absolute atomic E-state index is 12.5. The Morgan fingerprint density at radius 1 is 1.30 bits per heavy atom. The fraction of sp³-hybridized carbons (Fsp3) is 0.333. The highest BCUT2D eigenvalue weighted by Crippen LogP contribution is 2.16. The number of aryl methyl sites for hydroxylation is 2. The highest BCUT2D eigenvalue weighted by molar-refractivity contribution is 7.59. The van der Waals surface area contributed by atoms with Crippen molar-refractivity contribution in [2.75, 3.05) is 18.5 Å². The zero-order valence-corrected chi connectivity index (χ0v) is 18.1. The number of hydrogen-bond donors (Lipinski definition) is 2. The normalized spacial score (nSPS) is 15.5. The van der Waals surface area contributed by atoms with E-state index in [-0.39, 0.29) is 25.4 Å². The number of amides is 1. The summed E-state index contributed by atoms with van der Waals surface area (Å²) < 4.78 is 7.13. The van der Waals surface area contributed by atoms with Crippen molar-refractivity contribution in [3.8, 4) is 5.82 Å². The average Bonchev–Trinajstić information content (AvgIpc) is 3.40. The van der Waals surface area contributed by atoms with Gasteiger partial charge in [0.2, 0.25) is 5.95 Å². The van der Waals surface area contributed by atoms with Gasteiger partial charge in [-0.25, -0.2) is 9.97 Å². The Balaban J connectivity index is 0.00000256.